The summed E-state index contributed by atoms with van der Waals surface area (Å²) in [6.45, 7) is 4.69. The predicted molar refractivity (Wildman–Crippen MR) is 123 cm³/mol. The van der Waals surface area contributed by atoms with Crippen LogP contribution in [0.3, 0.4) is 0 Å². The average Bonchev–Trinajstić information content (AvgIpc) is 3.19. The van der Waals surface area contributed by atoms with Crippen LogP contribution in [0.15, 0.2) is 71.3 Å². The summed E-state index contributed by atoms with van der Waals surface area (Å²) in [5.74, 6) is 1.96. The molecule has 0 atom stereocenters. The second-order valence-electron chi connectivity index (χ2n) is 7.40. The molecular formula is C26H26N2O3. The van der Waals surface area contributed by atoms with E-state index < -0.39 is 0 Å². The van der Waals surface area contributed by atoms with Gasteiger partial charge in [0.2, 0.25) is 5.88 Å². The van der Waals surface area contributed by atoms with Crippen molar-refractivity contribution in [3.05, 3.63) is 83.4 Å². The molecule has 0 fully saturated rings. The molecule has 0 bridgehead atoms. The molecule has 0 radical (unpaired) electrons. The molecule has 31 heavy (non-hydrogen) atoms. The highest BCUT2D eigenvalue weighted by molar-refractivity contribution is 5.88. The van der Waals surface area contributed by atoms with Gasteiger partial charge >= 0.3 is 0 Å². The van der Waals surface area contributed by atoms with Gasteiger partial charge in [-0.15, -0.1) is 0 Å². The van der Waals surface area contributed by atoms with Gasteiger partial charge in [0.25, 0.3) is 0 Å². The van der Waals surface area contributed by atoms with Gasteiger partial charge in [0, 0.05) is 5.56 Å². The van der Waals surface area contributed by atoms with Crippen molar-refractivity contribution in [3.8, 4) is 33.9 Å². The standard InChI is InChI=1S/C26H26N2O3/c1-4-19-15-22(17(2)14-23(19)30-16-18-8-6-5-7-9-18)25-24(26(27)31-28-25)20-10-12-21(29-3)13-11-20/h5-15H,4,16,27H2,1-3H3. The van der Waals surface area contributed by atoms with Gasteiger partial charge in [0.1, 0.15) is 23.8 Å². The molecule has 5 heteroatoms. The minimum Gasteiger partial charge on any atom is -0.497 e. The molecule has 0 aliphatic heterocycles. The number of hydrogen-bond acceptors (Lipinski definition) is 5. The molecule has 3 aromatic carbocycles. The molecule has 0 saturated carbocycles. The third kappa shape index (κ3) is 4.26. The molecule has 5 nitrogen and oxygen atoms in total. The number of ether oxygens (including phenoxy) is 2. The van der Waals surface area contributed by atoms with Crippen LogP contribution in [-0.2, 0) is 13.0 Å². The van der Waals surface area contributed by atoms with Crippen molar-refractivity contribution in [2.24, 2.45) is 0 Å². The van der Waals surface area contributed by atoms with Crippen molar-refractivity contribution in [3.63, 3.8) is 0 Å². The molecule has 4 aromatic rings. The lowest BCUT2D eigenvalue weighted by molar-refractivity contribution is 0.303. The smallest absolute Gasteiger partial charge is 0.230 e. The molecule has 1 heterocycles. The van der Waals surface area contributed by atoms with Gasteiger partial charge in [0.15, 0.2) is 0 Å². The van der Waals surface area contributed by atoms with E-state index >= 15 is 0 Å². The van der Waals surface area contributed by atoms with Crippen LogP contribution in [0.5, 0.6) is 11.5 Å². The first-order valence-electron chi connectivity index (χ1n) is 10.3. The van der Waals surface area contributed by atoms with Gasteiger partial charge in [0.05, 0.1) is 12.7 Å². The Hall–Kier alpha value is -3.73. The van der Waals surface area contributed by atoms with Crippen LogP contribution in [0, 0.1) is 6.92 Å². The first-order valence-corrected chi connectivity index (χ1v) is 10.3. The van der Waals surface area contributed by atoms with Crippen LogP contribution in [0.2, 0.25) is 0 Å². The molecule has 0 spiro atoms. The van der Waals surface area contributed by atoms with E-state index in [1.165, 1.54) is 0 Å². The zero-order valence-electron chi connectivity index (χ0n) is 18.0. The highest BCUT2D eigenvalue weighted by atomic mass is 16.5. The predicted octanol–water partition coefficient (Wildman–Crippen LogP) is 6.05. The van der Waals surface area contributed by atoms with Crippen molar-refractivity contribution in [1.29, 1.82) is 0 Å². The number of nitrogens with zero attached hydrogens (tertiary/aromatic N) is 1. The van der Waals surface area contributed by atoms with E-state index in [4.69, 9.17) is 19.7 Å². The molecule has 0 saturated heterocycles. The first kappa shape index (κ1) is 20.5. The number of aromatic nitrogens is 1. The Morgan fingerprint density at radius 3 is 2.42 bits per heavy atom. The van der Waals surface area contributed by atoms with Crippen LogP contribution in [0.25, 0.3) is 22.4 Å². The topological polar surface area (TPSA) is 70.5 Å². The zero-order valence-corrected chi connectivity index (χ0v) is 18.0. The second kappa shape index (κ2) is 8.96. The maximum Gasteiger partial charge on any atom is 0.230 e. The maximum absolute atomic E-state index is 6.16. The van der Waals surface area contributed by atoms with Crippen molar-refractivity contribution in [2.45, 2.75) is 26.9 Å². The normalized spacial score (nSPS) is 10.8. The fraction of sp³-hybridized carbons (Fsp3) is 0.192. The second-order valence-corrected chi connectivity index (χ2v) is 7.40. The van der Waals surface area contributed by atoms with E-state index in [0.717, 1.165) is 57.0 Å². The SMILES string of the molecule is CCc1cc(-c2noc(N)c2-c2ccc(OC)cc2)c(C)cc1OCc1ccccc1. The summed E-state index contributed by atoms with van der Waals surface area (Å²) in [6.07, 6.45) is 0.836. The Bertz CT molecular complexity index is 1170. The molecule has 4 rings (SSSR count). The van der Waals surface area contributed by atoms with Gasteiger partial charge < -0.3 is 19.7 Å². The minimum atomic E-state index is 0.294. The monoisotopic (exact) mass is 414 g/mol. The lowest BCUT2D eigenvalue weighted by atomic mass is 9.95. The highest BCUT2D eigenvalue weighted by Crippen LogP contribution is 2.40. The Morgan fingerprint density at radius 2 is 1.74 bits per heavy atom. The summed E-state index contributed by atoms with van der Waals surface area (Å²) in [6, 6.07) is 22.1. The maximum atomic E-state index is 6.16. The fourth-order valence-corrected chi connectivity index (χ4v) is 3.65. The zero-order chi connectivity index (χ0) is 21.8. The molecular weight excluding hydrogens is 388 g/mol. The summed E-state index contributed by atoms with van der Waals surface area (Å²) in [5.41, 5.74) is 12.9. The summed E-state index contributed by atoms with van der Waals surface area (Å²) in [5, 5.41) is 4.29. The third-order valence-electron chi connectivity index (χ3n) is 5.38. The largest absolute Gasteiger partial charge is 0.497 e. The summed E-state index contributed by atoms with van der Waals surface area (Å²) in [7, 11) is 1.64. The third-order valence-corrected chi connectivity index (χ3v) is 5.38. The molecule has 158 valence electrons. The Balaban J connectivity index is 1.70. The van der Waals surface area contributed by atoms with E-state index in [9.17, 15) is 0 Å². The molecule has 0 amide bonds. The number of nitrogens with two attached hydrogens (primary N) is 1. The van der Waals surface area contributed by atoms with Crippen LogP contribution in [0.4, 0.5) is 5.88 Å². The van der Waals surface area contributed by atoms with Crippen molar-refractivity contribution >= 4 is 5.88 Å². The van der Waals surface area contributed by atoms with Crippen LogP contribution in [-0.4, -0.2) is 12.3 Å². The number of methoxy groups -OCH3 is 1. The number of benzene rings is 3. The van der Waals surface area contributed by atoms with Crippen LogP contribution < -0.4 is 15.2 Å². The van der Waals surface area contributed by atoms with Crippen LogP contribution >= 0.6 is 0 Å². The Kier molecular flexibility index (Phi) is 5.94. The Morgan fingerprint density at radius 1 is 1.00 bits per heavy atom. The summed E-state index contributed by atoms with van der Waals surface area (Å²) < 4.78 is 16.8. The Labute approximate surface area is 182 Å². The van der Waals surface area contributed by atoms with Gasteiger partial charge in [-0.1, -0.05) is 54.5 Å². The van der Waals surface area contributed by atoms with Crippen molar-refractivity contribution in [1.82, 2.24) is 5.16 Å². The van der Waals surface area contributed by atoms with E-state index in [1.54, 1.807) is 7.11 Å². The molecule has 1 aromatic heterocycles. The minimum absolute atomic E-state index is 0.294. The number of hydrogen-bond donors (Lipinski definition) is 1. The molecule has 0 aliphatic rings. The van der Waals surface area contributed by atoms with E-state index in [0.29, 0.717) is 12.5 Å². The van der Waals surface area contributed by atoms with E-state index in [-0.39, 0.29) is 0 Å². The fourth-order valence-electron chi connectivity index (χ4n) is 3.65. The van der Waals surface area contributed by atoms with E-state index in [2.05, 4.69) is 36.3 Å². The van der Waals surface area contributed by atoms with Crippen LogP contribution in [0.1, 0.15) is 23.6 Å². The van der Waals surface area contributed by atoms with Gasteiger partial charge in [-0.05, 0) is 59.9 Å². The van der Waals surface area contributed by atoms with Crippen molar-refractivity contribution < 1.29 is 14.0 Å². The molecule has 0 unspecified atom stereocenters. The summed E-state index contributed by atoms with van der Waals surface area (Å²) in [4.78, 5) is 0. The van der Waals surface area contributed by atoms with E-state index in [1.807, 2.05) is 49.4 Å². The first-order chi connectivity index (χ1) is 15.1. The number of nitrogen functional groups attached to an aromatic ring is 1. The number of aryl methyl sites for hydroxylation is 2. The average molecular weight is 415 g/mol. The lowest BCUT2D eigenvalue weighted by Crippen LogP contribution is -2.00. The van der Waals surface area contributed by atoms with Gasteiger partial charge in [-0.3, -0.25) is 0 Å². The molecule has 0 aliphatic carbocycles. The summed E-state index contributed by atoms with van der Waals surface area (Å²) >= 11 is 0. The highest BCUT2D eigenvalue weighted by Gasteiger charge is 2.20. The number of anilines is 1. The number of rotatable bonds is 7. The van der Waals surface area contributed by atoms with Gasteiger partial charge in [-0.2, -0.15) is 0 Å². The lowest BCUT2D eigenvalue weighted by Gasteiger charge is -2.15. The molecule has 2 N–H and O–H groups in total. The van der Waals surface area contributed by atoms with Gasteiger partial charge in [-0.25, -0.2) is 0 Å². The van der Waals surface area contributed by atoms with Crippen molar-refractivity contribution in [2.75, 3.05) is 12.8 Å². The quantitative estimate of drug-likeness (QED) is 0.399.